The summed E-state index contributed by atoms with van der Waals surface area (Å²) in [4.78, 5) is 0. The van der Waals surface area contributed by atoms with Crippen molar-refractivity contribution in [3.05, 3.63) is 12.7 Å². The van der Waals surface area contributed by atoms with Gasteiger partial charge >= 0.3 is 0 Å². The van der Waals surface area contributed by atoms with Gasteiger partial charge in [-0.3, -0.25) is 0 Å². The van der Waals surface area contributed by atoms with Crippen LogP contribution in [-0.2, 0) is 4.74 Å². The summed E-state index contributed by atoms with van der Waals surface area (Å²) in [5.41, 5.74) is 0.627. The highest BCUT2D eigenvalue weighted by Crippen LogP contribution is 2.53. The molecule has 0 spiro atoms. The highest BCUT2D eigenvalue weighted by molar-refractivity contribution is 5.02. The fourth-order valence-electron chi connectivity index (χ4n) is 2.94. The summed E-state index contributed by atoms with van der Waals surface area (Å²) in [5.74, 6) is 0.718. The van der Waals surface area contributed by atoms with Crippen LogP contribution in [0.5, 0.6) is 0 Å². The average Bonchev–Trinajstić information content (AvgIpc) is 2.09. The van der Waals surface area contributed by atoms with E-state index in [1.807, 2.05) is 0 Å². The number of fused-ring (bicyclic) bond motifs is 3. The van der Waals surface area contributed by atoms with Crippen LogP contribution in [0.3, 0.4) is 0 Å². The van der Waals surface area contributed by atoms with Crippen LogP contribution in [0.4, 0.5) is 0 Å². The lowest BCUT2D eigenvalue weighted by Gasteiger charge is -2.55. The molecular weight excluding hydrogens is 160 g/mol. The van der Waals surface area contributed by atoms with Crippen molar-refractivity contribution in [3.8, 4) is 0 Å². The molecule has 0 amide bonds. The largest absolute Gasteiger partial charge is 0.374 e. The molecule has 0 aromatic carbocycles. The summed E-state index contributed by atoms with van der Waals surface area (Å²) in [6.07, 6.45) is 7.09. The predicted molar refractivity (Wildman–Crippen MR) is 54.6 cm³/mol. The van der Waals surface area contributed by atoms with Crippen molar-refractivity contribution in [3.63, 3.8) is 0 Å². The first-order chi connectivity index (χ1) is 6.10. The lowest BCUT2D eigenvalue weighted by atomic mass is 9.60. The van der Waals surface area contributed by atoms with Crippen molar-refractivity contribution < 1.29 is 4.74 Å². The van der Waals surface area contributed by atoms with Gasteiger partial charge in [-0.15, -0.1) is 6.58 Å². The topological polar surface area (TPSA) is 9.23 Å². The van der Waals surface area contributed by atoms with Gasteiger partial charge in [0.05, 0.1) is 12.2 Å². The van der Waals surface area contributed by atoms with Crippen LogP contribution >= 0.6 is 0 Å². The summed E-state index contributed by atoms with van der Waals surface area (Å²) < 4.78 is 5.98. The molecule has 0 aromatic rings. The van der Waals surface area contributed by atoms with Gasteiger partial charge in [-0.25, -0.2) is 0 Å². The number of allylic oxidation sites excluding steroid dienone is 1. The standard InChI is InChI=1S/C12H20O/c1-4-5-12-7-6-11(3,13-9-12)10(2)8-12/h4,10H,1,5-9H2,2-3H3/t10?,11-,12-/m1/s1. The van der Waals surface area contributed by atoms with Crippen LogP contribution in [0.25, 0.3) is 0 Å². The second-order valence-electron chi connectivity index (χ2n) is 5.20. The Balaban J connectivity index is 2.16. The third-order valence-electron chi connectivity index (χ3n) is 4.22. The van der Waals surface area contributed by atoms with Crippen LogP contribution in [0.2, 0.25) is 0 Å². The van der Waals surface area contributed by atoms with Gasteiger partial charge in [0.15, 0.2) is 0 Å². The van der Waals surface area contributed by atoms with E-state index in [2.05, 4.69) is 26.5 Å². The van der Waals surface area contributed by atoms with E-state index in [-0.39, 0.29) is 5.60 Å². The first-order valence-corrected chi connectivity index (χ1v) is 5.35. The van der Waals surface area contributed by atoms with E-state index in [1.165, 1.54) is 19.3 Å². The van der Waals surface area contributed by atoms with Gasteiger partial charge in [-0.1, -0.05) is 13.0 Å². The molecule has 2 aliphatic heterocycles. The fourth-order valence-corrected chi connectivity index (χ4v) is 2.94. The second-order valence-corrected chi connectivity index (χ2v) is 5.20. The Bertz CT molecular complexity index is 211. The molecule has 3 rings (SSSR count). The Morgan fingerprint density at radius 3 is 2.77 bits per heavy atom. The fraction of sp³-hybridized carbons (Fsp3) is 0.833. The summed E-state index contributed by atoms with van der Waals surface area (Å²) in [5, 5.41) is 0. The third kappa shape index (κ3) is 1.34. The first-order valence-electron chi connectivity index (χ1n) is 5.35. The molecule has 1 heteroatoms. The van der Waals surface area contributed by atoms with Gasteiger partial charge in [0.25, 0.3) is 0 Å². The minimum absolute atomic E-state index is 0.183. The first kappa shape index (κ1) is 9.26. The molecule has 74 valence electrons. The Morgan fingerprint density at radius 1 is 1.54 bits per heavy atom. The molecule has 1 unspecified atom stereocenters. The van der Waals surface area contributed by atoms with Crippen molar-refractivity contribution in [1.29, 1.82) is 0 Å². The van der Waals surface area contributed by atoms with Gasteiger partial charge in [-0.05, 0) is 43.9 Å². The molecule has 1 aliphatic carbocycles. The summed E-state index contributed by atoms with van der Waals surface area (Å²) in [6.45, 7) is 9.41. The summed E-state index contributed by atoms with van der Waals surface area (Å²) in [6, 6.07) is 0. The van der Waals surface area contributed by atoms with E-state index in [0.29, 0.717) is 5.41 Å². The molecule has 2 saturated heterocycles. The molecule has 2 heterocycles. The van der Waals surface area contributed by atoms with Crippen molar-refractivity contribution in [2.45, 2.75) is 45.1 Å². The molecule has 3 atom stereocenters. The van der Waals surface area contributed by atoms with E-state index >= 15 is 0 Å². The van der Waals surface area contributed by atoms with E-state index < -0.39 is 0 Å². The third-order valence-corrected chi connectivity index (χ3v) is 4.22. The zero-order chi connectivity index (χ0) is 9.53. The molecule has 2 bridgehead atoms. The minimum Gasteiger partial charge on any atom is -0.374 e. The molecule has 0 radical (unpaired) electrons. The Kier molecular flexibility index (Phi) is 2.03. The number of ether oxygens (including phenoxy) is 1. The van der Waals surface area contributed by atoms with E-state index in [0.717, 1.165) is 18.9 Å². The van der Waals surface area contributed by atoms with Crippen molar-refractivity contribution in [1.82, 2.24) is 0 Å². The highest BCUT2D eigenvalue weighted by Gasteiger charge is 2.50. The number of hydrogen-bond acceptors (Lipinski definition) is 1. The van der Waals surface area contributed by atoms with Gasteiger partial charge in [0.2, 0.25) is 0 Å². The summed E-state index contributed by atoms with van der Waals surface area (Å²) in [7, 11) is 0. The minimum atomic E-state index is 0.183. The molecule has 0 N–H and O–H groups in total. The van der Waals surface area contributed by atoms with E-state index in [9.17, 15) is 0 Å². The van der Waals surface area contributed by atoms with Gasteiger partial charge in [-0.2, -0.15) is 0 Å². The number of hydrogen-bond donors (Lipinski definition) is 0. The van der Waals surface area contributed by atoms with Crippen molar-refractivity contribution in [2.24, 2.45) is 11.3 Å². The zero-order valence-electron chi connectivity index (χ0n) is 8.81. The van der Waals surface area contributed by atoms with Crippen molar-refractivity contribution in [2.75, 3.05) is 6.61 Å². The zero-order valence-corrected chi connectivity index (χ0v) is 8.81. The van der Waals surface area contributed by atoms with Crippen LogP contribution in [0.1, 0.15) is 39.5 Å². The van der Waals surface area contributed by atoms with E-state index in [1.54, 1.807) is 0 Å². The molecule has 0 aromatic heterocycles. The van der Waals surface area contributed by atoms with Crippen LogP contribution in [0, 0.1) is 11.3 Å². The molecule has 1 saturated carbocycles. The second kappa shape index (κ2) is 2.84. The van der Waals surface area contributed by atoms with Gasteiger partial charge in [0.1, 0.15) is 0 Å². The molecule has 13 heavy (non-hydrogen) atoms. The lowest BCUT2D eigenvalue weighted by Crippen LogP contribution is -2.54. The van der Waals surface area contributed by atoms with Gasteiger partial charge < -0.3 is 4.74 Å². The van der Waals surface area contributed by atoms with Crippen LogP contribution in [-0.4, -0.2) is 12.2 Å². The maximum absolute atomic E-state index is 5.98. The smallest absolute Gasteiger partial charge is 0.0680 e. The highest BCUT2D eigenvalue weighted by atomic mass is 16.5. The van der Waals surface area contributed by atoms with Gasteiger partial charge in [0, 0.05) is 0 Å². The van der Waals surface area contributed by atoms with Crippen LogP contribution < -0.4 is 0 Å². The Labute approximate surface area is 81.2 Å². The number of rotatable bonds is 2. The SMILES string of the molecule is C=CC[C@]12CC[C@@](C)(OC1)C(C)C2. The molecule has 1 nitrogen and oxygen atoms in total. The predicted octanol–water partition coefficient (Wildman–Crippen LogP) is 3.16. The molecular formula is C12H20O. The van der Waals surface area contributed by atoms with E-state index in [4.69, 9.17) is 4.74 Å². The maximum Gasteiger partial charge on any atom is 0.0680 e. The summed E-state index contributed by atoms with van der Waals surface area (Å²) >= 11 is 0. The average molecular weight is 180 g/mol. The molecule has 3 fully saturated rings. The Morgan fingerprint density at radius 2 is 2.31 bits per heavy atom. The quantitative estimate of drug-likeness (QED) is 0.593. The lowest BCUT2D eigenvalue weighted by molar-refractivity contribution is -0.203. The monoisotopic (exact) mass is 180 g/mol. The maximum atomic E-state index is 5.98. The van der Waals surface area contributed by atoms with Crippen LogP contribution in [0.15, 0.2) is 12.7 Å². The van der Waals surface area contributed by atoms with Crippen molar-refractivity contribution >= 4 is 0 Å². The Hall–Kier alpha value is -0.300. The normalized spacial score (nSPS) is 49.2. The molecule has 3 aliphatic rings.